The molecule has 0 aromatic rings. The molecule has 0 aliphatic heterocycles. The molecule has 1 aliphatic carbocycles. The monoisotopic (exact) mass is 169 g/mol. The first-order chi connectivity index (χ1) is 5.48. The fraction of sp³-hybridized carbons (Fsp3) is 0.900. The van der Waals surface area contributed by atoms with Gasteiger partial charge in [-0.05, 0) is 18.8 Å². The average molecular weight is 169 g/mol. The second kappa shape index (κ2) is 3.08. The number of hydrogen-bond donors (Lipinski definition) is 1. The lowest BCUT2D eigenvalue weighted by atomic mass is 10.0. The molecule has 0 aromatic carbocycles. The van der Waals surface area contributed by atoms with Crippen molar-refractivity contribution < 1.29 is 4.79 Å². The predicted molar refractivity (Wildman–Crippen MR) is 49.8 cm³/mol. The van der Waals surface area contributed by atoms with Crippen LogP contribution < -0.4 is 5.32 Å². The minimum atomic E-state index is 0.112. The Morgan fingerprint density at radius 2 is 1.75 bits per heavy atom. The van der Waals surface area contributed by atoms with Gasteiger partial charge in [-0.25, -0.2) is 0 Å². The Balaban J connectivity index is 2.46. The smallest absolute Gasteiger partial charge is 0.222 e. The van der Waals surface area contributed by atoms with E-state index in [9.17, 15) is 4.79 Å². The van der Waals surface area contributed by atoms with E-state index in [-0.39, 0.29) is 17.4 Å². The van der Waals surface area contributed by atoms with Crippen LogP contribution in [-0.2, 0) is 4.79 Å². The van der Waals surface area contributed by atoms with Gasteiger partial charge in [-0.1, -0.05) is 27.7 Å². The van der Waals surface area contributed by atoms with E-state index < -0.39 is 0 Å². The molecule has 2 heteroatoms. The molecule has 12 heavy (non-hydrogen) atoms. The Morgan fingerprint density at radius 1 is 1.25 bits per heavy atom. The van der Waals surface area contributed by atoms with Gasteiger partial charge in [0.1, 0.15) is 0 Å². The molecule has 1 rings (SSSR count). The average Bonchev–Trinajstić information content (AvgIpc) is 2.68. The third-order valence-corrected chi connectivity index (χ3v) is 2.79. The molecular weight excluding hydrogens is 150 g/mol. The van der Waals surface area contributed by atoms with Crippen LogP contribution in [0.4, 0.5) is 0 Å². The molecular formula is C10H19NO. The minimum absolute atomic E-state index is 0.112. The molecule has 1 fully saturated rings. The van der Waals surface area contributed by atoms with Crippen molar-refractivity contribution in [3.05, 3.63) is 0 Å². The number of hydrogen-bond acceptors (Lipinski definition) is 1. The van der Waals surface area contributed by atoms with E-state index in [1.165, 1.54) is 0 Å². The standard InChI is InChI=1S/C10H19NO/c1-7(2)9(12)11-10(5-6-10)8(3)4/h7-8H,5-6H2,1-4H3,(H,11,12). The van der Waals surface area contributed by atoms with Crippen molar-refractivity contribution in [1.29, 1.82) is 0 Å². The third kappa shape index (κ3) is 1.79. The highest BCUT2D eigenvalue weighted by Crippen LogP contribution is 2.42. The van der Waals surface area contributed by atoms with E-state index in [1.54, 1.807) is 0 Å². The summed E-state index contributed by atoms with van der Waals surface area (Å²) < 4.78 is 0. The Kier molecular flexibility index (Phi) is 2.45. The molecule has 0 unspecified atom stereocenters. The molecule has 70 valence electrons. The van der Waals surface area contributed by atoms with Crippen molar-refractivity contribution in [2.75, 3.05) is 0 Å². The molecule has 1 aliphatic rings. The number of nitrogens with one attached hydrogen (secondary N) is 1. The van der Waals surface area contributed by atoms with Gasteiger partial charge in [0.15, 0.2) is 0 Å². The summed E-state index contributed by atoms with van der Waals surface area (Å²) in [5.41, 5.74) is 0.154. The molecule has 0 spiro atoms. The molecule has 0 aromatic heterocycles. The first-order valence-electron chi connectivity index (χ1n) is 4.80. The van der Waals surface area contributed by atoms with Gasteiger partial charge >= 0.3 is 0 Å². The second-order valence-electron chi connectivity index (χ2n) is 4.45. The van der Waals surface area contributed by atoms with Crippen LogP contribution in [-0.4, -0.2) is 11.4 Å². The van der Waals surface area contributed by atoms with Crippen LogP contribution in [0, 0.1) is 11.8 Å². The molecule has 1 N–H and O–H groups in total. The van der Waals surface area contributed by atoms with Crippen LogP contribution in [0.1, 0.15) is 40.5 Å². The SMILES string of the molecule is CC(C)C(=O)NC1(C(C)C)CC1. The second-order valence-corrected chi connectivity index (χ2v) is 4.45. The zero-order valence-electron chi connectivity index (χ0n) is 8.48. The van der Waals surface area contributed by atoms with Crippen molar-refractivity contribution in [3.63, 3.8) is 0 Å². The molecule has 0 atom stereocenters. The normalized spacial score (nSPS) is 19.8. The molecule has 1 saturated carbocycles. The van der Waals surface area contributed by atoms with Gasteiger partial charge in [0.05, 0.1) is 0 Å². The van der Waals surface area contributed by atoms with Crippen molar-refractivity contribution in [2.45, 2.75) is 46.1 Å². The van der Waals surface area contributed by atoms with Crippen LogP contribution in [0.15, 0.2) is 0 Å². The maximum atomic E-state index is 11.4. The van der Waals surface area contributed by atoms with Crippen molar-refractivity contribution in [2.24, 2.45) is 11.8 Å². The van der Waals surface area contributed by atoms with Crippen LogP contribution in [0.2, 0.25) is 0 Å². The van der Waals surface area contributed by atoms with E-state index in [0.717, 1.165) is 12.8 Å². The lowest BCUT2D eigenvalue weighted by molar-refractivity contribution is -0.125. The van der Waals surface area contributed by atoms with Gasteiger partial charge in [0.25, 0.3) is 0 Å². The summed E-state index contributed by atoms with van der Waals surface area (Å²) in [7, 11) is 0. The maximum Gasteiger partial charge on any atom is 0.222 e. The number of rotatable bonds is 3. The molecule has 1 amide bonds. The van der Waals surface area contributed by atoms with E-state index >= 15 is 0 Å². The van der Waals surface area contributed by atoms with E-state index in [0.29, 0.717) is 5.92 Å². The van der Waals surface area contributed by atoms with Crippen LogP contribution in [0.25, 0.3) is 0 Å². The lowest BCUT2D eigenvalue weighted by Crippen LogP contribution is -2.42. The zero-order chi connectivity index (χ0) is 9.35. The maximum absolute atomic E-state index is 11.4. The van der Waals surface area contributed by atoms with Gasteiger partial charge in [0, 0.05) is 11.5 Å². The largest absolute Gasteiger partial charge is 0.350 e. The Morgan fingerprint density at radius 3 is 2.00 bits per heavy atom. The summed E-state index contributed by atoms with van der Waals surface area (Å²) in [4.78, 5) is 11.4. The molecule has 2 nitrogen and oxygen atoms in total. The van der Waals surface area contributed by atoms with Gasteiger partial charge < -0.3 is 5.32 Å². The first kappa shape index (κ1) is 9.56. The van der Waals surface area contributed by atoms with Crippen molar-refractivity contribution in [1.82, 2.24) is 5.32 Å². The first-order valence-corrected chi connectivity index (χ1v) is 4.80. The quantitative estimate of drug-likeness (QED) is 0.687. The van der Waals surface area contributed by atoms with Gasteiger partial charge in [-0.15, -0.1) is 0 Å². The number of carbonyl (C=O) groups excluding carboxylic acids is 1. The van der Waals surface area contributed by atoms with Crippen LogP contribution in [0.3, 0.4) is 0 Å². The summed E-state index contributed by atoms with van der Waals surface area (Å²) >= 11 is 0. The van der Waals surface area contributed by atoms with Crippen molar-refractivity contribution in [3.8, 4) is 0 Å². The van der Waals surface area contributed by atoms with Crippen LogP contribution in [0.5, 0.6) is 0 Å². The third-order valence-electron chi connectivity index (χ3n) is 2.79. The molecule has 0 radical (unpaired) electrons. The summed E-state index contributed by atoms with van der Waals surface area (Å²) in [6.45, 7) is 8.22. The molecule has 0 saturated heterocycles. The zero-order valence-corrected chi connectivity index (χ0v) is 8.48. The minimum Gasteiger partial charge on any atom is -0.350 e. The summed E-state index contributed by atoms with van der Waals surface area (Å²) in [6.07, 6.45) is 2.31. The van der Waals surface area contributed by atoms with E-state index in [2.05, 4.69) is 19.2 Å². The molecule has 0 heterocycles. The number of carbonyl (C=O) groups is 1. The summed E-state index contributed by atoms with van der Waals surface area (Å²) in [5.74, 6) is 0.877. The highest BCUT2D eigenvalue weighted by Gasteiger charge is 2.46. The predicted octanol–water partition coefficient (Wildman–Crippen LogP) is 1.95. The summed E-state index contributed by atoms with van der Waals surface area (Å²) in [6, 6.07) is 0. The fourth-order valence-corrected chi connectivity index (χ4v) is 1.37. The highest BCUT2D eigenvalue weighted by molar-refractivity contribution is 5.79. The lowest BCUT2D eigenvalue weighted by Gasteiger charge is -2.22. The fourth-order valence-electron chi connectivity index (χ4n) is 1.37. The highest BCUT2D eigenvalue weighted by atomic mass is 16.2. The topological polar surface area (TPSA) is 29.1 Å². The van der Waals surface area contributed by atoms with Gasteiger partial charge in [-0.2, -0.15) is 0 Å². The van der Waals surface area contributed by atoms with E-state index in [1.807, 2.05) is 13.8 Å². The van der Waals surface area contributed by atoms with E-state index in [4.69, 9.17) is 0 Å². The molecule has 0 bridgehead atoms. The Bertz CT molecular complexity index is 180. The Labute approximate surface area is 74.7 Å². The Hall–Kier alpha value is -0.530. The van der Waals surface area contributed by atoms with Gasteiger partial charge in [-0.3, -0.25) is 4.79 Å². The van der Waals surface area contributed by atoms with Gasteiger partial charge in [0.2, 0.25) is 5.91 Å². The van der Waals surface area contributed by atoms with Crippen molar-refractivity contribution >= 4 is 5.91 Å². The van der Waals surface area contributed by atoms with Crippen LogP contribution >= 0.6 is 0 Å². The summed E-state index contributed by atoms with van der Waals surface area (Å²) in [5, 5.41) is 3.13. The number of amides is 1.